The molecule has 2 rings (SSSR count). The van der Waals surface area contributed by atoms with Gasteiger partial charge in [0.2, 0.25) is 0 Å². The van der Waals surface area contributed by atoms with E-state index in [0.717, 1.165) is 0 Å². The highest BCUT2D eigenvalue weighted by molar-refractivity contribution is 9.10. The number of aromatic hydroxyl groups is 1. The third kappa shape index (κ3) is 3.03. The number of halogens is 2. The van der Waals surface area contributed by atoms with Gasteiger partial charge in [-0.25, -0.2) is 0 Å². The second-order valence-corrected chi connectivity index (χ2v) is 4.92. The van der Waals surface area contributed by atoms with Crippen molar-refractivity contribution in [3.05, 3.63) is 57.5 Å². The highest BCUT2D eigenvalue weighted by Gasteiger charge is 2.10. The summed E-state index contributed by atoms with van der Waals surface area (Å²) in [5, 5.41) is 12.5. The Balaban J connectivity index is 2.22. The molecule has 0 radical (unpaired) electrons. The lowest BCUT2D eigenvalue weighted by Gasteiger charge is -2.07. The summed E-state index contributed by atoms with van der Waals surface area (Å²) in [5.74, 6) is -0.174. The van der Waals surface area contributed by atoms with Gasteiger partial charge in [0.1, 0.15) is 5.75 Å². The van der Waals surface area contributed by atoms with Gasteiger partial charge in [-0.1, -0.05) is 17.7 Å². The van der Waals surface area contributed by atoms with E-state index in [1.807, 2.05) is 0 Å². The van der Waals surface area contributed by atoms with Gasteiger partial charge in [0, 0.05) is 21.2 Å². The molecule has 0 saturated heterocycles. The Morgan fingerprint density at radius 1 is 1.22 bits per heavy atom. The zero-order chi connectivity index (χ0) is 13.1. The van der Waals surface area contributed by atoms with Crippen LogP contribution in [0.1, 0.15) is 10.4 Å². The summed E-state index contributed by atoms with van der Waals surface area (Å²) in [6, 6.07) is 11.3. The van der Waals surface area contributed by atoms with Gasteiger partial charge >= 0.3 is 0 Å². The van der Waals surface area contributed by atoms with Crippen LogP contribution in [0.5, 0.6) is 5.75 Å². The molecule has 0 atom stereocenters. The fraction of sp³-hybridized carbons (Fsp3) is 0. The maximum Gasteiger partial charge on any atom is 0.256 e. The van der Waals surface area contributed by atoms with E-state index in [1.165, 1.54) is 12.1 Å². The fourth-order valence-electron chi connectivity index (χ4n) is 1.46. The summed E-state index contributed by atoms with van der Waals surface area (Å²) in [7, 11) is 0. The van der Waals surface area contributed by atoms with E-state index in [2.05, 4.69) is 21.2 Å². The summed E-state index contributed by atoms with van der Waals surface area (Å²) in [4.78, 5) is 12.0. The summed E-state index contributed by atoms with van der Waals surface area (Å²) < 4.78 is 0.618. The molecule has 0 heterocycles. The van der Waals surface area contributed by atoms with Gasteiger partial charge in [-0.3, -0.25) is 4.79 Å². The van der Waals surface area contributed by atoms with Crippen LogP contribution in [0.2, 0.25) is 5.02 Å². The first-order valence-corrected chi connectivity index (χ1v) is 6.29. The monoisotopic (exact) mass is 325 g/mol. The Labute approximate surface area is 118 Å². The van der Waals surface area contributed by atoms with Crippen molar-refractivity contribution in [1.29, 1.82) is 0 Å². The number of hydrogen-bond acceptors (Lipinski definition) is 2. The van der Waals surface area contributed by atoms with Gasteiger partial charge in [0.15, 0.2) is 0 Å². The van der Waals surface area contributed by atoms with Crippen molar-refractivity contribution in [2.24, 2.45) is 0 Å². The molecule has 2 aromatic rings. The lowest BCUT2D eigenvalue weighted by molar-refractivity contribution is 0.102. The molecule has 0 bridgehead atoms. The normalized spacial score (nSPS) is 10.1. The molecule has 0 fully saturated rings. The van der Waals surface area contributed by atoms with Gasteiger partial charge < -0.3 is 10.4 Å². The highest BCUT2D eigenvalue weighted by atomic mass is 79.9. The average molecular weight is 327 g/mol. The number of carbonyl (C=O) groups is 1. The van der Waals surface area contributed by atoms with Crippen LogP contribution in [0.25, 0.3) is 0 Å². The Morgan fingerprint density at radius 2 is 2.00 bits per heavy atom. The first kappa shape index (κ1) is 12.9. The lowest BCUT2D eigenvalue weighted by atomic mass is 10.2. The van der Waals surface area contributed by atoms with E-state index in [-0.39, 0.29) is 11.7 Å². The maximum atomic E-state index is 12.0. The second-order valence-electron chi connectivity index (χ2n) is 3.63. The van der Waals surface area contributed by atoms with E-state index in [4.69, 9.17) is 11.6 Å². The number of nitrogens with one attached hydrogen (secondary N) is 1. The van der Waals surface area contributed by atoms with Gasteiger partial charge in [0.05, 0.1) is 5.56 Å². The molecule has 0 aliphatic heterocycles. The number of phenols is 1. The molecule has 0 aliphatic carbocycles. The van der Waals surface area contributed by atoms with Crippen molar-refractivity contribution < 1.29 is 9.90 Å². The molecule has 0 aliphatic rings. The van der Waals surface area contributed by atoms with Crippen molar-refractivity contribution in [1.82, 2.24) is 0 Å². The average Bonchev–Trinajstić information content (AvgIpc) is 2.28. The van der Waals surface area contributed by atoms with Crippen LogP contribution < -0.4 is 5.32 Å². The fourth-order valence-corrected chi connectivity index (χ4v) is 2.32. The van der Waals surface area contributed by atoms with Crippen LogP contribution in [0.4, 0.5) is 5.69 Å². The summed E-state index contributed by atoms with van der Waals surface area (Å²) >= 11 is 9.09. The molecular formula is C13H9BrClNO2. The van der Waals surface area contributed by atoms with Crippen LogP contribution in [-0.4, -0.2) is 11.0 Å². The zero-order valence-corrected chi connectivity index (χ0v) is 11.5. The summed E-state index contributed by atoms with van der Waals surface area (Å²) in [6.07, 6.45) is 0. The molecule has 0 aromatic heterocycles. The van der Waals surface area contributed by atoms with E-state index in [1.54, 1.807) is 30.3 Å². The third-order valence-corrected chi connectivity index (χ3v) is 3.17. The number of phenolic OH excluding ortho intramolecular Hbond substituents is 1. The van der Waals surface area contributed by atoms with Crippen molar-refractivity contribution in [3.8, 4) is 5.75 Å². The standard InChI is InChI=1S/C13H9BrClNO2/c14-12-6-8(15)4-5-11(12)13(18)16-9-2-1-3-10(17)7-9/h1-7,17H,(H,16,18). The number of amides is 1. The van der Waals surface area contributed by atoms with Gasteiger partial charge in [-0.05, 0) is 46.3 Å². The number of carbonyl (C=O) groups excluding carboxylic acids is 1. The quantitative estimate of drug-likeness (QED) is 0.874. The van der Waals surface area contributed by atoms with Crippen molar-refractivity contribution >= 4 is 39.1 Å². The topological polar surface area (TPSA) is 49.3 Å². The number of benzene rings is 2. The van der Waals surface area contributed by atoms with Gasteiger partial charge in [-0.15, -0.1) is 0 Å². The molecule has 0 spiro atoms. The van der Waals surface area contributed by atoms with Crippen LogP contribution in [-0.2, 0) is 0 Å². The smallest absolute Gasteiger partial charge is 0.256 e. The second kappa shape index (κ2) is 5.42. The Morgan fingerprint density at radius 3 is 2.67 bits per heavy atom. The van der Waals surface area contributed by atoms with Gasteiger partial charge in [-0.2, -0.15) is 0 Å². The molecule has 0 saturated carbocycles. The number of rotatable bonds is 2. The first-order valence-electron chi connectivity index (χ1n) is 5.12. The lowest BCUT2D eigenvalue weighted by Crippen LogP contribution is -2.12. The minimum absolute atomic E-state index is 0.1000. The van der Waals surface area contributed by atoms with Crippen LogP contribution >= 0.6 is 27.5 Å². The van der Waals surface area contributed by atoms with Crippen molar-refractivity contribution in [3.63, 3.8) is 0 Å². The van der Waals surface area contributed by atoms with Crippen LogP contribution in [0.3, 0.4) is 0 Å². The van der Waals surface area contributed by atoms with Crippen molar-refractivity contribution in [2.75, 3.05) is 5.32 Å². The highest BCUT2D eigenvalue weighted by Crippen LogP contribution is 2.23. The molecule has 0 unspecified atom stereocenters. The first-order chi connectivity index (χ1) is 8.56. The maximum absolute atomic E-state index is 12.0. The molecule has 3 nitrogen and oxygen atoms in total. The zero-order valence-electron chi connectivity index (χ0n) is 9.15. The molecule has 1 amide bonds. The summed E-state index contributed by atoms with van der Waals surface area (Å²) in [5.41, 5.74) is 1.00. The SMILES string of the molecule is O=C(Nc1cccc(O)c1)c1ccc(Cl)cc1Br. The predicted molar refractivity (Wildman–Crippen MR) is 75.2 cm³/mol. The molecule has 2 aromatic carbocycles. The Bertz CT molecular complexity index is 601. The minimum atomic E-state index is -0.274. The van der Waals surface area contributed by atoms with Crippen LogP contribution in [0, 0.1) is 0 Å². The summed E-state index contributed by atoms with van der Waals surface area (Å²) in [6.45, 7) is 0. The van der Waals surface area contributed by atoms with E-state index in [0.29, 0.717) is 20.7 Å². The third-order valence-electron chi connectivity index (χ3n) is 2.28. The number of hydrogen-bond donors (Lipinski definition) is 2. The molecule has 92 valence electrons. The van der Waals surface area contributed by atoms with E-state index < -0.39 is 0 Å². The molecule has 5 heteroatoms. The van der Waals surface area contributed by atoms with E-state index >= 15 is 0 Å². The predicted octanol–water partition coefficient (Wildman–Crippen LogP) is 4.06. The minimum Gasteiger partial charge on any atom is -0.508 e. The molecule has 18 heavy (non-hydrogen) atoms. The Hall–Kier alpha value is -1.52. The Kier molecular flexibility index (Phi) is 3.89. The molecular weight excluding hydrogens is 318 g/mol. The number of anilines is 1. The van der Waals surface area contributed by atoms with E-state index in [9.17, 15) is 9.90 Å². The molecule has 2 N–H and O–H groups in total. The van der Waals surface area contributed by atoms with Crippen LogP contribution in [0.15, 0.2) is 46.9 Å². The largest absolute Gasteiger partial charge is 0.508 e. The van der Waals surface area contributed by atoms with Gasteiger partial charge in [0.25, 0.3) is 5.91 Å². The van der Waals surface area contributed by atoms with Crippen molar-refractivity contribution in [2.45, 2.75) is 0 Å².